The van der Waals surface area contributed by atoms with Crippen molar-refractivity contribution in [3.05, 3.63) is 71.5 Å². The third-order valence-electron chi connectivity index (χ3n) is 5.65. The van der Waals surface area contributed by atoms with E-state index in [1.165, 1.54) is 52.2 Å². The first kappa shape index (κ1) is 26.7. The first-order valence-corrected chi connectivity index (χ1v) is 11.7. The molecule has 0 unspecified atom stereocenters. The standard InChI is InChI=1S/C26H26F3N5O4/c1-15-14-33(19-11-7-17(8-12-19)26(27,28)29)23(36)21-20(13-30-34(15)21)32-22(35)16-5-9-18(10-6-16)31-24(37)38-25(2,3)4/h5-13,15H,14H2,1-4H3,(H,31,37)(H,32,35)/t15-/m0/s1. The normalized spacial score (nSPS) is 15.6. The van der Waals surface area contributed by atoms with Gasteiger partial charge in [0.2, 0.25) is 0 Å². The van der Waals surface area contributed by atoms with Gasteiger partial charge in [0.15, 0.2) is 5.69 Å². The highest BCUT2D eigenvalue weighted by atomic mass is 19.4. The van der Waals surface area contributed by atoms with E-state index < -0.39 is 35.2 Å². The summed E-state index contributed by atoms with van der Waals surface area (Å²) in [6.07, 6.45) is -3.76. The second-order valence-corrected chi connectivity index (χ2v) is 9.82. The van der Waals surface area contributed by atoms with E-state index in [2.05, 4.69) is 15.7 Å². The molecule has 0 fully saturated rings. The van der Waals surface area contributed by atoms with Crippen LogP contribution in [0.2, 0.25) is 0 Å². The molecule has 3 aromatic rings. The van der Waals surface area contributed by atoms with Crippen molar-refractivity contribution >= 4 is 35.0 Å². The molecular weight excluding hydrogens is 503 g/mol. The first-order chi connectivity index (χ1) is 17.7. The van der Waals surface area contributed by atoms with Crippen LogP contribution in [-0.4, -0.2) is 39.8 Å². The number of alkyl halides is 3. The average Bonchev–Trinajstić information content (AvgIpc) is 3.24. The van der Waals surface area contributed by atoms with Gasteiger partial charge in [0.25, 0.3) is 11.8 Å². The van der Waals surface area contributed by atoms with Gasteiger partial charge in [0, 0.05) is 23.5 Å². The molecule has 3 amide bonds. The minimum atomic E-state index is -4.49. The third kappa shape index (κ3) is 5.79. The zero-order valence-electron chi connectivity index (χ0n) is 21.1. The van der Waals surface area contributed by atoms with Crippen molar-refractivity contribution in [2.45, 2.75) is 45.5 Å². The highest BCUT2D eigenvalue weighted by Crippen LogP contribution is 2.33. The van der Waals surface area contributed by atoms with Crippen LogP contribution in [0.5, 0.6) is 0 Å². The van der Waals surface area contributed by atoms with Crippen molar-refractivity contribution in [1.29, 1.82) is 0 Å². The van der Waals surface area contributed by atoms with Crippen LogP contribution >= 0.6 is 0 Å². The summed E-state index contributed by atoms with van der Waals surface area (Å²) >= 11 is 0. The van der Waals surface area contributed by atoms with Crippen LogP contribution in [0.25, 0.3) is 0 Å². The Kier molecular flexibility index (Phi) is 6.92. The number of carbonyl (C=O) groups is 3. The van der Waals surface area contributed by atoms with Crippen molar-refractivity contribution < 1.29 is 32.3 Å². The number of carbonyl (C=O) groups excluding carboxylic acids is 3. The van der Waals surface area contributed by atoms with Crippen LogP contribution in [0, 0.1) is 0 Å². The van der Waals surface area contributed by atoms with E-state index in [0.29, 0.717) is 11.4 Å². The molecule has 0 spiro atoms. The Bertz CT molecular complexity index is 1360. The number of rotatable bonds is 4. The largest absolute Gasteiger partial charge is 0.444 e. The SMILES string of the molecule is C[C@H]1CN(c2ccc(C(F)(F)F)cc2)C(=O)c2c(NC(=O)c3ccc(NC(=O)OC(C)(C)C)cc3)cnn21. The Labute approximate surface area is 216 Å². The van der Waals surface area contributed by atoms with E-state index in [9.17, 15) is 27.6 Å². The molecule has 12 heteroatoms. The zero-order chi connectivity index (χ0) is 27.8. The molecule has 1 aliphatic rings. The monoisotopic (exact) mass is 529 g/mol. The number of ether oxygens (including phenoxy) is 1. The van der Waals surface area contributed by atoms with E-state index in [1.54, 1.807) is 20.8 Å². The number of fused-ring (bicyclic) bond motifs is 1. The highest BCUT2D eigenvalue weighted by molar-refractivity contribution is 6.13. The second kappa shape index (κ2) is 9.84. The predicted octanol–water partition coefficient (Wildman–Crippen LogP) is 5.72. The molecule has 200 valence electrons. The van der Waals surface area contributed by atoms with Gasteiger partial charge < -0.3 is 15.0 Å². The van der Waals surface area contributed by atoms with Gasteiger partial charge >= 0.3 is 12.3 Å². The first-order valence-electron chi connectivity index (χ1n) is 11.7. The molecule has 4 rings (SSSR count). The number of benzene rings is 2. The van der Waals surface area contributed by atoms with Crippen molar-refractivity contribution in [2.24, 2.45) is 0 Å². The summed E-state index contributed by atoms with van der Waals surface area (Å²) in [5, 5.41) is 9.48. The molecule has 1 aliphatic heterocycles. The van der Waals surface area contributed by atoms with Gasteiger partial charge in [0.05, 0.1) is 23.5 Å². The third-order valence-corrected chi connectivity index (χ3v) is 5.65. The van der Waals surface area contributed by atoms with Gasteiger partial charge in [-0.3, -0.25) is 19.6 Å². The van der Waals surface area contributed by atoms with E-state index >= 15 is 0 Å². The van der Waals surface area contributed by atoms with Gasteiger partial charge in [-0.1, -0.05) is 0 Å². The smallest absolute Gasteiger partial charge is 0.416 e. The maximum absolute atomic E-state index is 13.3. The number of anilines is 3. The lowest BCUT2D eigenvalue weighted by Gasteiger charge is -2.32. The molecule has 0 saturated heterocycles. The highest BCUT2D eigenvalue weighted by Gasteiger charge is 2.35. The summed E-state index contributed by atoms with van der Waals surface area (Å²) in [6.45, 7) is 7.22. The van der Waals surface area contributed by atoms with Crippen LogP contribution in [0.4, 0.5) is 35.0 Å². The minimum Gasteiger partial charge on any atom is -0.444 e. The Hall–Kier alpha value is -4.35. The summed E-state index contributed by atoms with van der Waals surface area (Å²) < 4.78 is 45.5. The Morgan fingerprint density at radius 2 is 1.63 bits per heavy atom. The maximum atomic E-state index is 13.3. The van der Waals surface area contributed by atoms with Crippen LogP contribution < -0.4 is 15.5 Å². The van der Waals surface area contributed by atoms with Gasteiger partial charge in [-0.25, -0.2) is 4.79 Å². The van der Waals surface area contributed by atoms with Gasteiger partial charge in [-0.15, -0.1) is 0 Å². The number of amides is 3. The Morgan fingerprint density at radius 1 is 1.00 bits per heavy atom. The summed E-state index contributed by atoms with van der Waals surface area (Å²) in [7, 11) is 0. The number of aromatic nitrogens is 2. The number of hydrogen-bond acceptors (Lipinski definition) is 5. The average molecular weight is 530 g/mol. The molecular formula is C26H26F3N5O4. The fourth-order valence-electron chi connectivity index (χ4n) is 3.93. The van der Waals surface area contributed by atoms with E-state index in [1.807, 2.05) is 6.92 Å². The lowest BCUT2D eigenvalue weighted by molar-refractivity contribution is -0.137. The fourth-order valence-corrected chi connectivity index (χ4v) is 3.93. The molecule has 2 heterocycles. The molecule has 0 bridgehead atoms. The van der Waals surface area contributed by atoms with Crippen molar-refractivity contribution in [3.63, 3.8) is 0 Å². The topological polar surface area (TPSA) is 106 Å². The molecule has 0 radical (unpaired) electrons. The van der Waals surface area contributed by atoms with Gasteiger partial charge in [-0.05, 0) is 76.2 Å². The molecule has 0 aliphatic carbocycles. The van der Waals surface area contributed by atoms with Crippen molar-refractivity contribution in [3.8, 4) is 0 Å². The number of halogens is 3. The van der Waals surface area contributed by atoms with Crippen LogP contribution in [-0.2, 0) is 10.9 Å². The predicted molar refractivity (Wildman–Crippen MR) is 134 cm³/mol. The summed E-state index contributed by atoms with van der Waals surface area (Å²) in [5.74, 6) is -1.02. The van der Waals surface area contributed by atoms with Gasteiger partial charge in [0.1, 0.15) is 5.60 Å². The summed E-state index contributed by atoms with van der Waals surface area (Å²) in [4.78, 5) is 39.5. The number of nitrogens with zero attached hydrogens (tertiary/aromatic N) is 3. The van der Waals surface area contributed by atoms with E-state index in [4.69, 9.17) is 4.74 Å². The zero-order valence-corrected chi connectivity index (χ0v) is 21.1. The summed E-state index contributed by atoms with van der Waals surface area (Å²) in [6, 6.07) is 10.1. The second-order valence-electron chi connectivity index (χ2n) is 9.82. The van der Waals surface area contributed by atoms with Crippen molar-refractivity contribution in [2.75, 3.05) is 22.1 Å². The molecule has 1 atom stereocenters. The lowest BCUT2D eigenvalue weighted by Crippen LogP contribution is -2.43. The quantitative estimate of drug-likeness (QED) is 0.450. The molecule has 1 aromatic heterocycles. The van der Waals surface area contributed by atoms with E-state index in [-0.39, 0.29) is 29.5 Å². The Balaban J connectivity index is 1.50. The number of hydrogen-bond donors (Lipinski definition) is 2. The Morgan fingerprint density at radius 3 is 2.21 bits per heavy atom. The molecule has 9 nitrogen and oxygen atoms in total. The van der Waals surface area contributed by atoms with Crippen LogP contribution in [0.15, 0.2) is 54.7 Å². The molecule has 2 N–H and O–H groups in total. The van der Waals surface area contributed by atoms with Crippen molar-refractivity contribution in [1.82, 2.24) is 9.78 Å². The van der Waals surface area contributed by atoms with Crippen LogP contribution in [0.1, 0.15) is 60.1 Å². The van der Waals surface area contributed by atoms with Gasteiger partial charge in [-0.2, -0.15) is 18.3 Å². The summed E-state index contributed by atoms with van der Waals surface area (Å²) in [5.41, 5.74) is -0.215. The molecule has 38 heavy (non-hydrogen) atoms. The maximum Gasteiger partial charge on any atom is 0.416 e. The molecule has 2 aromatic carbocycles. The fraction of sp³-hybridized carbons (Fsp3) is 0.308. The molecule has 0 saturated carbocycles. The van der Waals surface area contributed by atoms with Crippen LogP contribution in [0.3, 0.4) is 0 Å². The lowest BCUT2D eigenvalue weighted by atomic mass is 10.1. The number of nitrogens with one attached hydrogen (secondary N) is 2. The van der Waals surface area contributed by atoms with E-state index in [0.717, 1.165) is 12.1 Å². The minimum absolute atomic E-state index is 0.111.